The largest absolute Gasteiger partial charge is 0.449 e. The third kappa shape index (κ3) is 5.54. The monoisotopic (exact) mass is 369 g/mol. The Morgan fingerprint density at radius 3 is 2.48 bits per heavy atom. The molecule has 27 heavy (non-hydrogen) atoms. The number of para-hydroxylation sites is 1. The van der Waals surface area contributed by atoms with Gasteiger partial charge < -0.3 is 10.1 Å². The van der Waals surface area contributed by atoms with Gasteiger partial charge >= 0.3 is 5.97 Å². The molecule has 1 N–H and O–H groups in total. The van der Waals surface area contributed by atoms with Crippen molar-refractivity contribution < 1.29 is 14.3 Å². The van der Waals surface area contributed by atoms with Gasteiger partial charge in [-0.1, -0.05) is 32.0 Å². The molecule has 1 atom stereocenters. The fourth-order valence-corrected chi connectivity index (χ4v) is 2.58. The van der Waals surface area contributed by atoms with E-state index < -0.39 is 12.1 Å². The van der Waals surface area contributed by atoms with Crippen molar-refractivity contribution in [1.29, 1.82) is 0 Å². The van der Waals surface area contributed by atoms with E-state index in [9.17, 15) is 9.59 Å². The first kappa shape index (κ1) is 20.4. The lowest BCUT2D eigenvalue weighted by Gasteiger charge is -2.13. The van der Waals surface area contributed by atoms with Crippen LogP contribution in [-0.4, -0.2) is 34.3 Å². The van der Waals surface area contributed by atoms with Crippen LogP contribution in [0.5, 0.6) is 0 Å². The lowest BCUT2D eigenvalue weighted by atomic mass is 10.2. The summed E-state index contributed by atoms with van der Waals surface area (Å²) in [6.07, 6.45) is 2.17. The Hall–Kier alpha value is -2.89. The van der Waals surface area contributed by atoms with Crippen molar-refractivity contribution in [2.45, 2.75) is 40.7 Å². The molecule has 0 aliphatic carbocycles. The summed E-state index contributed by atoms with van der Waals surface area (Å²) in [5.74, 6) is -0.521. The number of carbonyl (C=O) groups excluding carboxylic acids is 2. The second-order valence-corrected chi connectivity index (χ2v) is 6.88. The lowest BCUT2D eigenvalue weighted by Crippen LogP contribution is -2.37. The summed E-state index contributed by atoms with van der Waals surface area (Å²) in [6.45, 7) is 9.94. The number of hydrogen-bond donors (Lipinski definition) is 1. The van der Waals surface area contributed by atoms with Gasteiger partial charge in [-0.2, -0.15) is 5.10 Å². The lowest BCUT2D eigenvalue weighted by molar-refractivity contribution is -0.150. The van der Waals surface area contributed by atoms with Crippen LogP contribution in [0.3, 0.4) is 0 Å². The normalized spacial score (nSPS) is 12.4. The Morgan fingerprint density at radius 1 is 1.19 bits per heavy atom. The van der Waals surface area contributed by atoms with E-state index in [0.717, 1.165) is 22.6 Å². The molecule has 0 unspecified atom stereocenters. The van der Waals surface area contributed by atoms with Crippen LogP contribution in [0.4, 0.5) is 0 Å². The number of rotatable bonds is 7. The van der Waals surface area contributed by atoms with E-state index in [-0.39, 0.29) is 5.91 Å². The van der Waals surface area contributed by atoms with Crippen molar-refractivity contribution in [1.82, 2.24) is 15.1 Å². The van der Waals surface area contributed by atoms with E-state index in [1.54, 1.807) is 13.0 Å². The molecule has 2 rings (SSSR count). The summed E-state index contributed by atoms with van der Waals surface area (Å²) < 4.78 is 7.01. The van der Waals surface area contributed by atoms with Gasteiger partial charge in [0.25, 0.3) is 5.91 Å². The van der Waals surface area contributed by atoms with E-state index in [1.807, 2.05) is 62.7 Å². The SMILES string of the molecule is Cc1nn(-c2ccccc2)c(C)c1/C=C/C(=O)O[C@H](C)C(=O)NCC(C)C. The molecule has 0 saturated carbocycles. The smallest absolute Gasteiger partial charge is 0.331 e. The van der Waals surface area contributed by atoms with E-state index in [0.29, 0.717) is 12.5 Å². The molecule has 0 bridgehead atoms. The van der Waals surface area contributed by atoms with Gasteiger partial charge in [0.2, 0.25) is 0 Å². The number of benzene rings is 1. The molecule has 1 amide bonds. The molecule has 144 valence electrons. The highest BCUT2D eigenvalue weighted by molar-refractivity contribution is 5.90. The number of hydrogen-bond acceptors (Lipinski definition) is 4. The van der Waals surface area contributed by atoms with Crippen LogP contribution in [0.2, 0.25) is 0 Å². The highest BCUT2D eigenvalue weighted by Gasteiger charge is 2.17. The highest BCUT2D eigenvalue weighted by atomic mass is 16.5. The van der Waals surface area contributed by atoms with Crippen LogP contribution in [0, 0.1) is 19.8 Å². The number of nitrogens with zero attached hydrogens (tertiary/aromatic N) is 2. The van der Waals surface area contributed by atoms with Crippen molar-refractivity contribution in [2.75, 3.05) is 6.54 Å². The number of nitrogens with one attached hydrogen (secondary N) is 1. The third-order valence-electron chi connectivity index (χ3n) is 4.08. The predicted octanol–water partition coefficient (Wildman–Crippen LogP) is 3.21. The van der Waals surface area contributed by atoms with Gasteiger partial charge in [-0.25, -0.2) is 9.48 Å². The summed E-state index contributed by atoms with van der Waals surface area (Å²) in [5.41, 5.74) is 3.54. The molecule has 2 aromatic rings. The number of carbonyl (C=O) groups is 2. The van der Waals surface area contributed by atoms with Crippen molar-refractivity contribution in [2.24, 2.45) is 5.92 Å². The average molecular weight is 369 g/mol. The van der Waals surface area contributed by atoms with E-state index >= 15 is 0 Å². The van der Waals surface area contributed by atoms with Crippen LogP contribution < -0.4 is 5.32 Å². The molecule has 6 heteroatoms. The summed E-state index contributed by atoms with van der Waals surface area (Å²) >= 11 is 0. The van der Waals surface area contributed by atoms with Gasteiger partial charge in [-0.05, 0) is 44.9 Å². The van der Waals surface area contributed by atoms with Crippen molar-refractivity contribution >= 4 is 18.0 Å². The highest BCUT2D eigenvalue weighted by Crippen LogP contribution is 2.19. The Kier molecular flexibility index (Phi) is 6.93. The topological polar surface area (TPSA) is 73.2 Å². The fraction of sp³-hybridized carbons (Fsp3) is 0.381. The maximum absolute atomic E-state index is 12.1. The molecule has 0 aliphatic heterocycles. The third-order valence-corrected chi connectivity index (χ3v) is 4.08. The standard InChI is InChI=1S/C21H27N3O3/c1-14(2)13-22-21(26)17(5)27-20(25)12-11-19-15(3)23-24(16(19)4)18-9-7-6-8-10-18/h6-12,14,17H,13H2,1-5H3,(H,22,26)/b12-11+/t17-/m1/s1. The summed E-state index contributed by atoms with van der Waals surface area (Å²) in [5, 5.41) is 7.28. The van der Waals surface area contributed by atoms with Crippen LogP contribution in [0.1, 0.15) is 37.7 Å². The second-order valence-electron chi connectivity index (χ2n) is 6.88. The summed E-state index contributed by atoms with van der Waals surface area (Å²) in [7, 11) is 0. The van der Waals surface area contributed by atoms with Gasteiger partial charge in [0, 0.05) is 23.9 Å². The predicted molar refractivity (Wildman–Crippen MR) is 105 cm³/mol. The van der Waals surface area contributed by atoms with Crippen LogP contribution in [-0.2, 0) is 14.3 Å². The average Bonchev–Trinajstić information content (AvgIpc) is 2.92. The fourth-order valence-electron chi connectivity index (χ4n) is 2.58. The first-order valence-electron chi connectivity index (χ1n) is 9.07. The van der Waals surface area contributed by atoms with Gasteiger partial charge in [0.05, 0.1) is 11.4 Å². The van der Waals surface area contributed by atoms with Crippen LogP contribution in [0.15, 0.2) is 36.4 Å². The minimum absolute atomic E-state index is 0.297. The number of aromatic nitrogens is 2. The van der Waals surface area contributed by atoms with Crippen molar-refractivity contribution in [3.8, 4) is 5.69 Å². The Labute approximate surface area is 160 Å². The molecule has 1 aromatic carbocycles. The number of ether oxygens (including phenoxy) is 1. The Balaban J connectivity index is 2.04. The molecule has 0 fully saturated rings. The minimum Gasteiger partial charge on any atom is -0.449 e. The van der Waals surface area contributed by atoms with E-state index in [2.05, 4.69) is 10.4 Å². The van der Waals surface area contributed by atoms with Gasteiger partial charge in [0.15, 0.2) is 6.10 Å². The zero-order chi connectivity index (χ0) is 20.0. The molecule has 1 heterocycles. The Bertz CT molecular complexity index is 823. The summed E-state index contributed by atoms with van der Waals surface area (Å²) in [6, 6.07) is 9.79. The van der Waals surface area contributed by atoms with E-state index in [1.165, 1.54) is 6.08 Å². The molecule has 0 spiro atoms. The van der Waals surface area contributed by atoms with Crippen LogP contribution >= 0.6 is 0 Å². The zero-order valence-corrected chi connectivity index (χ0v) is 16.5. The Morgan fingerprint density at radius 2 is 1.85 bits per heavy atom. The first-order valence-corrected chi connectivity index (χ1v) is 9.07. The maximum atomic E-state index is 12.1. The molecular formula is C21H27N3O3. The zero-order valence-electron chi connectivity index (χ0n) is 16.5. The summed E-state index contributed by atoms with van der Waals surface area (Å²) in [4.78, 5) is 24.0. The minimum atomic E-state index is -0.838. The number of amides is 1. The van der Waals surface area contributed by atoms with Gasteiger partial charge in [-0.3, -0.25) is 4.79 Å². The first-order chi connectivity index (χ1) is 12.8. The number of esters is 1. The molecular weight excluding hydrogens is 342 g/mol. The molecule has 0 radical (unpaired) electrons. The van der Waals surface area contributed by atoms with Gasteiger partial charge in [-0.15, -0.1) is 0 Å². The molecule has 6 nitrogen and oxygen atoms in total. The second kappa shape index (κ2) is 9.16. The van der Waals surface area contributed by atoms with E-state index in [4.69, 9.17) is 4.74 Å². The van der Waals surface area contributed by atoms with Crippen LogP contribution in [0.25, 0.3) is 11.8 Å². The van der Waals surface area contributed by atoms with Crippen molar-refractivity contribution in [3.05, 3.63) is 53.4 Å². The van der Waals surface area contributed by atoms with Gasteiger partial charge in [0.1, 0.15) is 0 Å². The quantitative estimate of drug-likeness (QED) is 0.601. The van der Waals surface area contributed by atoms with Crippen molar-refractivity contribution in [3.63, 3.8) is 0 Å². The maximum Gasteiger partial charge on any atom is 0.331 e. The molecule has 0 saturated heterocycles. The molecule has 1 aromatic heterocycles. The molecule has 0 aliphatic rings. The number of aryl methyl sites for hydroxylation is 1.